The predicted molar refractivity (Wildman–Crippen MR) is 68.3 cm³/mol. The summed E-state index contributed by atoms with van der Waals surface area (Å²) >= 11 is 0. The van der Waals surface area contributed by atoms with Gasteiger partial charge in [0.2, 0.25) is 0 Å². The molecule has 1 saturated heterocycles. The fraction of sp³-hybridized carbons (Fsp3) is 0.500. The van der Waals surface area contributed by atoms with Crippen LogP contribution in [0.4, 0.5) is 0 Å². The van der Waals surface area contributed by atoms with E-state index in [1.165, 1.54) is 6.92 Å². The van der Waals surface area contributed by atoms with Crippen LogP contribution < -0.4 is 10.1 Å². The molecule has 2 N–H and O–H groups in total. The number of esters is 1. The molecule has 4 nitrogen and oxygen atoms in total. The van der Waals surface area contributed by atoms with Crippen molar-refractivity contribution in [2.24, 2.45) is 0 Å². The zero-order valence-electron chi connectivity index (χ0n) is 10.7. The minimum Gasteiger partial charge on any atom is -0.427 e. The Hall–Kier alpha value is -1.39. The lowest BCUT2D eigenvalue weighted by Gasteiger charge is -2.20. The third kappa shape index (κ3) is 3.09. The second-order valence-electron chi connectivity index (χ2n) is 4.86. The van der Waals surface area contributed by atoms with Gasteiger partial charge in [-0.15, -0.1) is 0 Å². The van der Waals surface area contributed by atoms with Crippen molar-refractivity contribution >= 4 is 5.97 Å². The summed E-state index contributed by atoms with van der Waals surface area (Å²) in [6.45, 7) is 3.48. The summed E-state index contributed by atoms with van der Waals surface area (Å²) in [5.74, 6) is 0.124. The summed E-state index contributed by atoms with van der Waals surface area (Å²) in [6.07, 6.45) is 1.47. The van der Waals surface area contributed by atoms with Gasteiger partial charge in [-0.3, -0.25) is 4.79 Å². The molecule has 1 aromatic rings. The molecule has 0 saturated carbocycles. The smallest absolute Gasteiger partial charge is 0.308 e. The van der Waals surface area contributed by atoms with Gasteiger partial charge in [-0.25, -0.2) is 0 Å². The van der Waals surface area contributed by atoms with Crippen LogP contribution in [0.1, 0.15) is 38.4 Å². The Bertz CT molecular complexity index is 433. The van der Waals surface area contributed by atoms with Crippen LogP contribution in [-0.4, -0.2) is 23.2 Å². The normalized spacial score (nSPS) is 24.8. The van der Waals surface area contributed by atoms with Gasteiger partial charge >= 0.3 is 5.97 Å². The van der Waals surface area contributed by atoms with Crippen LogP contribution in [0.2, 0.25) is 0 Å². The second kappa shape index (κ2) is 5.50. The van der Waals surface area contributed by atoms with E-state index in [2.05, 4.69) is 12.2 Å². The Morgan fingerprint density at radius 2 is 2.28 bits per heavy atom. The van der Waals surface area contributed by atoms with E-state index in [9.17, 15) is 9.90 Å². The third-order valence-corrected chi connectivity index (χ3v) is 3.25. The maximum atomic E-state index is 10.9. The van der Waals surface area contributed by atoms with Crippen LogP contribution in [0.5, 0.6) is 5.75 Å². The second-order valence-corrected chi connectivity index (χ2v) is 4.86. The first kappa shape index (κ1) is 13.1. The van der Waals surface area contributed by atoms with Crippen LogP contribution in [0.15, 0.2) is 24.3 Å². The molecule has 1 unspecified atom stereocenters. The minimum absolute atomic E-state index is 0.0765. The maximum Gasteiger partial charge on any atom is 0.308 e. The summed E-state index contributed by atoms with van der Waals surface area (Å²) in [4.78, 5) is 10.9. The number of nitrogens with one attached hydrogen (secondary N) is 1. The van der Waals surface area contributed by atoms with E-state index < -0.39 is 6.10 Å². The van der Waals surface area contributed by atoms with E-state index in [-0.39, 0.29) is 12.0 Å². The van der Waals surface area contributed by atoms with E-state index in [0.29, 0.717) is 11.8 Å². The first-order chi connectivity index (χ1) is 8.56. The van der Waals surface area contributed by atoms with Gasteiger partial charge in [-0.1, -0.05) is 12.1 Å². The lowest BCUT2D eigenvalue weighted by atomic mass is 10.0. The molecule has 4 heteroatoms. The first-order valence-electron chi connectivity index (χ1n) is 6.29. The van der Waals surface area contributed by atoms with Gasteiger partial charge in [-0.2, -0.15) is 0 Å². The van der Waals surface area contributed by atoms with Gasteiger partial charge in [0, 0.05) is 19.0 Å². The highest BCUT2D eigenvalue weighted by molar-refractivity contribution is 5.69. The zero-order valence-corrected chi connectivity index (χ0v) is 10.7. The topological polar surface area (TPSA) is 58.6 Å². The lowest BCUT2D eigenvalue weighted by molar-refractivity contribution is -0.131. The molecule has 1 aliphatic heterocycles. The molecule has 3 atom stereocenters. The van der Waals surface area contributed by atoms with Crippen LogP contribution >= 0.6 is 0 Å². The molecule has 0 aromatic heterocycles. The number of hydrogen-bond acceptors (Lipinski definition) is 4. The van der Waals surface area contributed by atoms with E-state index in [4.69, 9.17) is 4.74 Å². The lowest BCUT2D eigenvalue weighted by Crippen LogP contribution is -2.32. The fourth-order valence-corrected chi connectivity index (χ4v) is 2.37. The number of ether oxygens (including phenoxy) is 1. The summed E-state index contributed by atoms with van der Waals surface area (Å²) in [7, 11) is 0. The van der Waals surface area contributed by atoms with Crippen LogP contribution in [0.3, 0.4) is 0 Å². The monoisotopic (exact) mass is 249 g/mol. The molecular weight excluding hydrogens is 230 g/mol. The van der Waals surface area contributed by atoms with E-state index in [0.717, 1.165) is 18.4 Å². The van der Waals surface area contributed by atoms with E-state index in [1.54, 1.807) is 18.2 Å². The Morgan fingerprint density at radius 1 is 1.50 bits per heavy atom. The highest BCUT2D eigenvalue weighted by Gasteiger charge is 2.27. The minimum atomic E-state index is -0.564. The molecule has 1 aliphatic rings. The quantitative estimate of drug-likeness (QED) is 0.633. The van der Waals surface area contributed by atoms with E-state index in [1.807, 2.05) is 6.07 Å². The number of benzene rings is 1. The van der Waals surface area contributed by atoms with Gasteiger partial charge in [0.15, 0.2) is 0 Å². The highest BCUT2D eigenvalue weighted by Crippen LogP contribution is 2.27. The van der Waals surface area contributed by atoms with E-state index >= 15 is 0 Å². The molecule has 1 aromatic carbocycles. The van der Waals surface area contributed by atoms with Crippen molar-refractivity contribution in [1.82, 2.24) is 5.32 Å². The average molecular weight is 249 g/mol. The van der Waals surface area contributed by atoms with Gasteiger partial charge in [0.1, 0.15) is 5.75 Å². The molecule has 0 spiro atoms. The molecule has 1 fully saturated rings. The summed E-state index contributed by atoms with van der Waals surface area (Å²) in [5, 5.41) is 13.6. The maximum absolute atomic E-state index is 10.9. The van der Waals surface area contributed by atoms with Gasteiger partial charge in [0.25, 0.3) is 0 Å². The SMILES string of the molecule is CC(=O)Oc1cccc(C(O)[C@@H]2CC[C@H](C)N2)c1. The molecular formula is C14H19NO3. The Kier molecular flexibility index (Phi) is 3.99. The number of hydrogen-bond donors (Lipinski definition) is 2. The zero-order chi connectivity index (χ0) is 13.1. The number of aliphatic hydroxyl groups is 1. The molecule has 1 heterocycles. The van der Waals surface area contributed by atoms with Crippen LogP contribution in [0, 0.1) is 0 Å². The highest BCUT2D eigenvalue weighted by atomic mass is 16.5. The molecule has 0 radical (unpaired) electrons. The van der Waals surface area contributed by atoms with Crippen molar-refractivity contribution in [2.45, 2.75) is 44.9 Å². The molecule has 98 valence electrons. The molecule has 0 amide bonds. The van der Waals surface area contributed by atoms with Crippen molar-refractivity contribution in [3.63, 3.8) is 0 Å². The Labute approximate surface area is 107 Å². The van der Waals surface area contributed by atoms with Gasteiger partial charge in [0.05, 0.1) is 6.10 Å². The Balaban J connectivity index is 2.10. The van der Waals surface area contributed by atoms with Crippen molar-refractivity contribution in [2.75, 3.05) is 0 Å². The number of rotatable bonds is 3. The summed E-state index contributed by atoms with van der Waals surface area (Å²) in [6, 6.07) is 7.59. The first-order valence-corrected chi connectivity index (χ1v) is 6.29. The third-order valence-electron chi connectivity index (χ3n) is 3.25. The molecule has 2 rings (SSSR count). The van der Waals surface area contributed by atoms with Gasteiger partial charge < -0.3 is 15.2 Å². The standard InChI is InChI=1S/C14H19NO3/c1-9-6-7-13(15-9)14(17)11-4-3-5-12(8-11)18-10(2)16/h3-5,8-9,13-15,17H,6-7H2,1-2H3/t9-,13-,14?/m0/s1. The summed E-state index contributed by atoms with van der Waals surface area (Å²) in [5.41, 5.74) is 0.778. The fourth-order valence-electron chi connectivity index (χ4n) is 2.37. The predicted octanol–water partition coefficient (Wildman–Crippen LogP) is 1.79. The molecule has 18 heavy (non-hydrogen) atoms. The van der Waals surface area contributed by atoms with Crippen LogP contribution in [0.25, 0.3) is 0 Å². The van der Waals surface area contributed by atoms with Crippen molar-refractivity contribution < 1.29 is 14.6 Å². The number of carbonyl (C=O) groups excluding carboxylic acids is 1. The number of aliphatic hydroxyl groups excluding tert-OH is 1. The summed E-state index contributed by atoms with van der Waals surface area (Å²) < 4.78 is 5.02. The Morgan fingerprint density at radius 3 is 2.89 bits per heavy atom. The molecule has 0 aliphatic carbocycles. The van der Waals surface area contributed by atoms with Gasteiger partial charge in [-0.05, 0) is 37.5 Å². The molecule has 0 bridgehead atoms. The largest absolute Gasteiger partial charge is 0.427 e. The van der Waals surface area contributed by atoms with Crippen molar-refractivity contribution in [3.8, 4) is 5.75 Å². The van der Waals surface area contributed by atoms with Crippen LogP contribution in [-0.2, 0) is 4.79 Å². The average Bonchev–Trinajstić information content (AvgIpc) is 2.74. The van der Waals surface area contributed by atoms with Crippen molar-refractivity contribution in [3.05, 3.63) is 29.8 Å². The van der Waals surface area contributed by atoms with Crippen molar-refractivity contribution in [1.29, 1.82) is 0 Å². The number of carbonyl (C=O) groups is 1.